The average molecular weight is 186 g/mol. The highest BCUT2D eigenvalue weighted by molar-refractivity contribution is 5.86. The normalized spacial score (nSPS) is 15.2. The van der Waals surface area contributed by atoms with Crippen LogP contribution in [0.1, 0.15) is 6.92 Å². The monoisotopic (exact) mass is 186 g/mol. The summed E-state index contributed by atoms with van der Waals surface area (Å²) in [5.74, 6) is -8.95. The molecule has 0 fully saturated rings. The Morgan fingerprint density at radius 2 is 1.25 bits per heavy atom. The molecule has 0 amide bonds. The van der Waals surface area contributed by atoms with Gasteiger partial charge in [0.05, 0.1) is 0 Å². The zero-order valence-electron chi connectivity index (χ0n) is 5.80. The topological polar surface area (TPSA) is 17.1 Å². The molecule has 68 valence electrons. The summed E-state index contributed by atoms with van der Waals surface area (Å²) >= 11 is 0. The average Bonchev–Trinajstić information content (AvgIpc) is 2.00. The maximum atomic E-state index is 12.1. The minimum atomic E-state index is -2.79. The molecule has 0 atom stereocenters. The van der Waals surface area contributed by atoms with Crippen LogP contribution in [0.3, 0.4) is 0 Å². The quantitative estimate of drug-likeness (QED) is 0.280. The van der Waals surface area contributed by atoms with Crippen molar-refractivity contribution in [2.24, 2.45) is 0 Å². The van der Waals surface area contributed by atoms with E-state index in [0.717, 1.165) is 0 Å². The van der Waals surface area contributed by atoms with Gasteiger partial charge >= 0.3 is 6.04 Å². The largest absolute Gasteiger partial charge is 0.363 e. The van der Waals surface area contributed by atoms with Crippen molar-refractivity contribution >= 4 is 6.04 Å². The summed E-state index contributed by atoms with van der Waals surface area (Å²) in [6.45, 7) is 0.491. The number of hydrogen-bond donors (Lipinski definition) is 0. The lowest BCUT2D eigenvalue weighted by Gasteiger charge is -1.92. The predicted molar refractivity (Wildman–Crippen MR) is 30.3 cm³/mol. The number of halogens is 5. The number of carbonyl (C=O) groups excluding carboxylic acids is 1. The lowest BCUT2D eigenvalue weighted by Crippen LogP contribution is -1.93. The van der Waals surface area contributed by atoms with Gasteiger partial charge in [0.15, 0.2) is 5.83 Å². The van der Waals surface area contributed by atoms with Crippen molar-refractivity contribution in [3.8, 4) is 0 Å². The molecule has 0 aromatic heterocycles. The fraction of sp³-hybridized carbons (Fsp3) is 0.167. The Balaban J connectivity index is 5.06. The third-order valence-electron chi connectivity index (χ3n) is 0.860. The summed E-state index contributed by atoms with van der Waals surface area (Å²) in [5, 5.41) is 0. The minimum Gasteiger partial charge on any atom is -0.252 e. The van der Waals surface area contributed by atoms with Crippen LogP contribution in [0.4, 0.5) is 22.0 Å². The van der Waals surface area contributed by atoms with Gasteiger partial charge in [-0.05, 0) is 6.92 Å². The molecule has 12 heavy (non-hydrogen) atoms. The second-order valence-electron chi connectivity index (χ2n) is 1.75. The van der Waals surface area contributed by atoms with Crippen LogP contribution >= 0.6 is 0 Å². The summed E-state index contributed by atoms with van der Waals surface area (Å²) in [4.78, 5) is 9.46. The van der Waals surface area contributed by atoms with E-state index in [0.29, 0.717) is 6.92 Å². The summed E-state index contributed by atoms with van der Waals surface area (Å²) < 4.78 is 59.1. The molecule has 0 N–H and O–H groups in total. The summed E-state index contributed by atoms with van der Waals surface area (Å²) in [6.07, 6.45) is 0. The van der Waals surface area contributed by atoms with Gasteiger partial charge < -0.3 is 0 Å². The maximum Gasteiger partial charge on any atom is 0.363 e. The number of allylic oxidation sites excluding steroid dienone is 4. The summed E-state index contributed by atoms with van der Waals surface area (Å²) in [7, 11) is 0. The molecule has 0 aliphatic carbocycles. The zero-order chi connectivity index (χ0) is 9.89. The number of hydrogen-bond acceptors (Lipinski definition) is 1. The van der Waals surface area contributed by atoms with E-state index in [-0.39, 0.29) is 0 Å². The molecule has 0 aromatic rings. The smallest absolute Gasteiger partial charge is 0.252 e. The van der Waals surface area contributed by atoms with E-state index < -0.39 is 29.3 Å². The van der Waals surface area contributed by atoms with Gasteiger partial charge in [-0.2, -0.15) is 8.78 Å². The van der Waals surface area contributed by atoms with Gasteiger partial charge in [0.2, 0.25) is 11.7 Å². The number of rotatable bonds is 2. The fourth-order valence-corrected chi connectivity index (χ4v) is 0.334. The molecule has 0 aromatic carbocycles. The molecule has 0 aliphatic heterocycles. The molecular weight excluding hydrogens is 183 g/mol. The molecule has 0 bridgehead atoms. The first kappa shape index (κ1) is 10.8. The van der Waals surface area contributed by atoms with Crippen LogP contribution in [0.25, 0.3) is 0 Å². The molecule has 0 rings (SSSR count). The second kappa shape index (κ2) is 3.99. The highest BCUT2D eigenvalue weighted by Crippen LogP contribution is 2.23. The van der Waals surface area contributed by atoms with Crippen LogP contribution in [-0.4, -0.2) is 6.04 Å². The van der Waals surface area contributed by atoms with Crippen molar-refractivity contribution < 1.29 is 26.7 Å². The molecule has 0 spiro atoms. The molecule has 0 saturated carbocycles. The third kappa shape index (κ3) is 2.44. The van der Waals surface area contributed by atoms with Crippen molar-refractivity contribution in [1.29, 1.82) is 0 Å². The highest BCUT2D eigenvalue weighted by atomic mass is 19.2. The zero-order valence-corrected chi connectivity index (χ0v) is 5.80. The molecular formula is C6H3F5O. The molecule has 0 aliphatic rings. The van der Waals surface area contributed by atoms with Crippen LogP contribution in [0.5, 0.6) is 0 Å². The Bertz CT molecular complexity index is 261. The highest BCUT2D eigenvalue weighted by Gasteiger charge is 2.20. The van der Waals surface area contributed by atoms with Crippen molar-refractivity contribution in [2.45, 2.75) is 6.92 Å². The summed E-state index contributed by atoms with van der Waals surface area (Å²) in [6, 6.07) is -2.79. The van der Waals surface area contributed by atoms with Crippen LogP contribution in [0, 0.1) is 0 Å². The first-order chi connectivity index (χ1) is 5.37. The van der Waals surface area contributed by atoms with E-state index in [2.05, 4.69) is 0 Å². The van der Waals surface area contributed by atoms with Gasteiger partial charge in [0.25, 0.3) is 0 Å². The predicted octanol–water partition coefficient (Wildman–Crippen LogP) is 2.80. The van der Waals surface area contributed by atoms with Crippen molar-refractivity contribution in [3.05, 3.63) is 23.3 Å². The van der Waals surface area contributed by atoms with E-state index in [9.17, 15) is 26.7 Å². The SMILES string of the molecule is C/C(F)=C(F)\C(F)=C(\F)C(=O)F. The molecule has 0 radical (unpaired) electrons. The van der Waals surface area contributed by atoms with Gasteiger partial charge in [0.1, 0.15) is 5.83 Å². The van der Waals surface area contributed by atoms with Gasteiger partial charge in [-0.3, -0.25) is 4.79 Å². The van der Waals surface area contributed by atoms with Crippen LogP contribution in [0.2, 0.25) is 0 Å². The minimum absolute atomic E-state index is 0.491. The van der Waals surface area contributed by atoms with Gasteiger partial charge in [0, 0.05) is 0 Å². The molecule has 6 heteroatoms. The van der Waals surface area contributed by atoms with Crippen LogP contribution in [-0.2, 0) is 4.79 Å². The Morgan fingerprint density at radius 1 is 0.833 bits per heavy atom. The van der Waals surface area contributed by atoms with E-state index in [1.54, 1.807) is 0 Å². The van der Waals surface area contributed by atoms with Gasteiger partial charge in [-0.25, -0.2) is 13.2 Å². The van der Waals surface area contributed by atoms with E-state index in [1.807, 2.05) is 0 Å². The second-order valence-corrected chi connectivity index (χ2v) is 1.75. The first-order valence-corrected chi connectivity index (χ1v) is 2.65. The molecule has 0 unspecified atom stereocenters. The maximum absolute atomic E-state index is 12.1. The van der Waals surface area contributed by atoms with E-state index in [4.69, 9.17) is 0 Å². The Hall–Kier alpha value is -1.20. The van der Waals surface area contributed by atoms with E-state index in [1.165, 1.54) is 0 Å². The van der Waals surface area contributed by atoms with Gasteiger partial charge in [-0.15, -0.1) is 0 Å². The lowest BCUT2D eigenvalue weighted by molar-refractivity contribution is -0.126. The standard InChI is InChI=1S/C6H3F5O/c1-2(7)3(8)4(9)5(10)6(11)12/h1H3/b3-2-,5-4-. The lowest BCUT2D eigenvalue weighted by atomic mass is 10.3. The van der Waals surface area contributed by atoms with Crippen molar-refractivity contribution in [1.82, 2.24) is 0 Å². The number of carbonyl (C=O) groups is 1. The summed E-state index contributed by atoms with van der Waals surface area (Å²) in [5.41, 5.74) is 0. The van der Waals surface area contributed by atoms with Crippen molar-refractivity contribution in [2.75, 3.05) is 0 Å². The Kier molecular flexibility index (Phi) is 3.59. The fourth-order valence-electron chi connectivity index (χ4n) is 0.334. The Labute approximate surface area is 64.2 Å². The molecule has 1 nitrogen and oxygen atoms in total. The third-order valence-corrected chi connectivity index (χ3v) is 0.860. The van der Waals surface area contributed by atoms with E-state index >= 15 is 0 Å². The first-order valence-electron chi connectivity index (χ1n) is 2.65. The molecule has 0 heterocycles. The van der Waals surface area contributed by atoms with Gasteiger partial charge in [-0.1, -0.05) is 0 Å². The van der Waals surface area contributed by atoms with Crippen LogP contribution < -0.4 is 0 Å². The molecule has 0 saturated heterocycles. The van der Waals surface area contributed by atoms with Crippen LogP contribution in [0.15, 0.2) is 23.3 Å². The van der Waals surface area contributed by atoms with Crippen molar-refractivity contribution in [3.63, 3.8) is 0 Å². The Morgan fingerprint density at radius 3 is 1.50 bits per heavy atom.